The van der Waals surface area contributed by atoms with Gasteiger partial charge in [-0.25, -0.2) is 9.97 Å². The van der Waals surface area contributed by atoms with Crippen molar-refractivity contribution in [1.29, 1.82) is 0 Å². The summed E-state index contributed by atoms with van der Waals surface area (Å²) in [7, 11) is 1.66. The van der Waals surface area contributed by atoms with Crippen LogP contribution in [-0.4, -0.2) is 43.4 Å². The Morgan fingerprint density at radius 3 is 2.81 bits per heavy atom. The zero-order valence-corrected chi connectivity index (χ0v) is 15.0. The summed E-state index contributed by atoms with van der Waals surface area (Å²) in [5.41, 5.74) is 2.08. The summed E-state index contributed by atoms with van der Waals surface area (Å²) in [5.74, 6) is 3.53. The first-order chi connectivity index (χ1) is 12.8. The topological polar surface area (TPSA) is 77.5 Å². The maximum atomic E-state index is 5.67. The molecule has 2 N–H and O–H groups in total. The molecule has 1 fully saturated rings. The van der Waals surface area contributed by atoms with E-state index >= 15 is 0 Å². The standard InChI is InChI=1S/C19H24N4O3/c1-24-16-9-18-17(25-5-6-26-18)7-14(16)11-21-19-8-15(22-12-23-19)13-3-2-4-20-10-13/h7-9,12-13,20H,2-6,10-11H2,1H3,(H,21,22,23). The Hall–Kier alpha value is -2.54. The summed E-state index contributed by atoms with van der Waals surface area (Å²) in [6, 6.07) is 5.89. The third kappa shape index (κ3) is 3.67. The van der Waals surface area contributed by atoms with Crippen LogP contribution < -0.4 is 24.8 Å². The predicted molar refractivity (Wildman–Crippen MR) is 98.2 cm³/mol. The number of nitrogens with one attached hydrogen (secondary N) is 2. The highest BCUT2D eigenvalue weighted by Gasteiger charge is 2.18. The minimum atomic E-state index is 0.455. The molecule has 1 aromatic heterocycles. The number of anilines is 1. The van der Waals surface area contributed by atoms with E-state index in [0.29, 0.717) is 25.7 Å². The third-order valence-corrected chi connectivity index (χ3v) is 4.81. The molecule has 2 aromatic rings. The van der Waals surface area contributed by atoms with Crippen molar-refractivity contribution in [2.75, 3.05) is 38.7 Å². The van der Waals surface area contributed by atoms with Gasteiger partial charge in [0.1, 0.15) is 31.1 Å². The molecule has 2 aliphatic heterocycles. The molecule has 1 aromatic carbocycles. The Morgan fingerprint density at radius 2 is 2.04 bits per heavy atom. The Kier molecular flexibility index (Phi) is 5.06. The molecule has 3 heterocycles. The molecule has 1 atom stereocenters. The first-order valence-corrected chi connectivity index (χ1v) is 9.06. The molecule has 2 aliphatic rings. The molecule has 7 heteroatoms. The van der Waals surface area contributed by atoms with Crippen LogP contribution in [0.4, 0.5) is 5.82 Å². The van der Waals surface area contributed by atoms with Crippen LogP contribution in [0.5, 0.6) is 17.2 Å². The number of ether oxygens (including phenoxy) is 3. The summed E-state index contributed by atoms with van der Waals surface area (Å²) in [4.78, 5) is 8.81. The smallest absolute Gasteiger partial charge is 0.165 e. The first-order valence-electron chi connectivity index (χ1n) is 9.06. The molecule has 1 saturated heterocycles. The van der Waals surface area contributed by atoms with E-state index in [4.69, 9.17) is 14.2 Å². The van der Waals surface area contributed by atoms with Gasteiger partial charge in [-0.05, 0) is 25.5 Å². The van der Waals surface area contributed by atoms with Crippen LogP contribution in [0.15, 0.2) is 24.5 Å². The van der Waals surface area contributed by atoms with Crippen molar-refractivity contribution in [3.63, 3.8) is 0 Å². The predicted octanol–water partition coefficient (Wildman–Crippen LogP) is 2.34. The van der Waals surface area contributed by atoms with E-state index in [2.05, 4.69) is 20.6 Å². The lowest BCUT2D eigenvalue weighted by molar-refractivity contribution is 0.170. The number of methoxy groups -OCH3 is 1. The van der Waals surface area contributed by atoms with Gasteiger partial charge in [-0.2, -0.15) is 0 Å². The van der Waals surface area contributed by atoms with Crippen molar-refractivity contribution < 1.29 is 14.2 Å². The second-order valence-corrected chi connectivity index (χ2v) is 6.53. The second-order valence-electron chi connectivity index (χ2n) is 6.53. The fraction of sp³-hybridized carbons (Fsp3) is 0.474. The van der Waals surface area contributed by atoms with Crippen LogP contribution in [0.25, 0.3) is 0 Å². The Labute approximate surface area is 153 Å². The maximum Gasteiger partial charge on any atom is 0.165 e. The van der Waals surface area contributed by atoms with Crippen molar-refractivity contribution in [3.05, 3.63) is 35.8 Å². The highest BCUT2D eigenvalue weighted by atomic mass is 16.6. The fourth-order valence-electron chi connectivity index (χ4n) is 3.42. The summed E-state index contributed by atoms with van der Waals surface area (Å²) in [5, 5.41) is 6.81. The van der Waals surface area contributed by atoms with Crippen LogP contribution >= 0.6 is 0 Å². The van der Waals surface area contributed by atoms with Gasteiger partial charge in [0, 0.05) is 36.7 Å². The van der Waals surface area contributed by atoms with Crippen LogP contribution in [0, 0.1) is 0 Å². The lowest BCUT2D eigenvalue weighted by Crippen LogP contribution is -2.28. The van der Waals surface area contributed by atoms with E-state index < -0.39 is 0 Å². The lowest BCUT2D eigenvalue weighted by atomic mass is 9.96. The van der Waals surface area contributed by atoms with Crippen LogP contribution in [-0.2, 0) is 6.54 Å². The van der Waals surface area contributed by atoms with Gasteiger partial charge in [0.15, 0.2) is 11.5 Å². The van der Waals surface area contributed by atoms with Gasteiger partial charge < -0.3 is 24.8 Å². The summed E-state index contributed by atoms with van der Waals surface area (Å²) in [6.07, 6.45) is 3.98. The van der Waals surface area contributed by atoms with Crippen molar-refractivity contribution in [3.8, 4) is 17.2 Å². The number of piperidine rings is 1. The van der Waals surface area contributed by atoms with Crippen molar-refractivity contribution in [2.24, 2.45) is 0 Å². The molecule has 1 unspecified atom stereocenters. The van der Waals surface area contributed by atoms with E-state index in [1.807, 2.05) is 18.2 Å². The zero-order valence-electron chi connectivity index (χ0n) is 15.0. The number of fused-ring (bicyclic) bond motifs is 1. The molecule has 4 rings (SSSR count). The molecule has 0 amide bonds. The minimum Gasteiger partial charge on any atom is -0.496 e. The van der Waals surface area contributed by atoms with E-state index in [9.17, 15) is 0 Å². The highest BCUT2D eigenvalue weighted by Crippen LogP contribution is 2.37. The number of aromatic nitrogens is 2. The third-order valence-electron chi connectivity index (χ3n) is 4.81. The Balaban J connectivity index is 1.48. The average Bonchev–Trinajstić information content (AvgIpc) is 2.72. The van der Waals surface area contributed by atoms with Crippen molar-refractivity contribution >= 4 is 5.82 Å². The van der Waals surface area contributed by atoms with Gasteiger partial charge in [-0.3, -0.25) is 0 Å². The van der Waals surface area contributed by atoms with Crippen molar-refractivity contribution in [2.45, 2.75) is 25.3 Å². The van der Waals surface area contributed by atoms with Gasteiger partial charge in [-0.1, -0.05) is 0 Å². The molecule has 7 nitrogen and oxygen atoms in total. The SMILES string of the molecule is COc1cc2c(cc1CNc1cc(C3CCCNC3)ncn1)OCCO2. The molecular weight excluding hydrogens is 332 g/mol. The van der Waals surface area contributed by atoms with Gasteiger partial charge in [0.25, 0.3) is 0 Å². The number of benzene rings is 1. The monoisotopic (exact) mass is 356 g/mol. The van der Waals surface area contributed by atoms with Crippen LogP contribution in [0.3, 0.4) is 0 Å². The van der Waals surface area contributed by atoms with Gasteiger partial charge in [0.2, 0.25) is 0 Å². The summed E-state index contributed by atoms with van der Waals surface area (Å²) >= 11 is 0. The normalized spacial score (nSPS) is 19.0. The molecule has 0 saturated carbocycles. The van der Waals surface area contributed by atoms with Crippen molar-refractivity contribution in [1.82, 2.24) is 15.3 Å². The molecule has 26 heavy (non-hydrogen) atoms. The minimum absolute atomic E-state index is 0.455. The number of rotatable bonds is 5. The van der Waals surface area contributed by atoms with Gasteiger partial charge >= 0.3 is 0 Å². The highest BCUT2D eigenvalue weighted by molar-refractivity contribution is 5.52. The molecule has 0 spiro atoms. The van der Waals surface area contributed by atoms with Crippen LogP contribution in [0.2, 0.25) is 0 Å². The largest absolute Gasteiger partial charge is 0.496 e. The number of hydrogen-bond acceptors (Lipinski definition) is 7. The molecule has 0 aliphatic carbocycles. The average molecular weight is 356 g/mol. The Morgan fingerprint density at radius 1 is 1.19 bits per heavy atom. The number of hydrogen-bond donors (Lipinski definition) is 2. The second kappa shape index (κ2) is 7.78. The van der Waals surface area contributed by atoms with Gasteiger partial charge in [0.05, 0.1) is 12.8 Å². The van der Waals surface area contributed by atoms with Crippen LogP contribution in [0.1, 0.15) is 30.0 Å². The van der Waals surface area contributed by atoms with E-state index in [-0.39, 0.29) is 0 Å². The van der Waals surface area contributed by atoms with E-state index in [1.165, 1.54) is 12.8 Å². The fourth-order valence-corrected chi connectivity index (χ4v) is 3.42. The first kappa shape index (κ1) is 16.9. The summed E-state index contributed by atoms with van der Waals surface area (Å²) < 4.78 is 16.8. The van der Waals surface area contributed by atoms with Gasteiger partial charge in [-0.15, -0.1) is 0 Å². The maximum absolute atomic E-state index is 5.67. The quantitative estimate of drug-likeness (QED) is 0.851. The van der Waals surface area contributed by atoms with E-state index in [0.717, 1.165) is 47.4 Å². The molecule has 0 bridgehead atoms. The Bertz CT molecular complexity index is 762. The number of nitrogens with zero attached hydrogens (tertiary/aromatic N) is 2. The molecule has 138 valence electrons. The molecule has 0 radical (unpaired) electrons. The lowest BCUT2D eigenvalue weighted by Gasteiger charge is -2.22. The van der Waals surface area contributed by atoms with E-state index in [1.54, 1.807) is 13.4 Å². The zero-order chi connectivity index (χ0) is 17.8. The molecular formula is C19H24N4O3. The summed E-state index contributed by atoms with van der Waals surface area (Å²) in [6.45, 7) is 3.78.